The van der Waals surface area contributed by atoms with Crippen LogP contribution in [0.1, 0.15) is 34.7 Å². The van der Waals surface area contributed by atoms with Gasteiger partial charge in [-0.05, 0) is 42.5 Å². The Morgan fingerprint density at radius 2 is 1.90 bits per heavy atom. The zero-order valence-electron chi connectivity index (χ0n) is 11.5. The molecule has 1 aliphatic rings. The van der Waals surface area contributed by atoms with Gasteiger partial charge in [0.2, 0.25) is 0 Å². The van der Waals surface area contributed by atoms with E-state index >= 15 is 0 Å². The summed E-state index contributed by atoms with van der Waals surface area (Å²) in [5.74, 6) is 0.991. The molecule has 0 amide bonds. The summed E-state index contributed by atoms with van der Waals surface area (Å²) in [6, 6.07) is 12.3. The Labute approximate surface area is 128 Å². The maximum absolute atomic E-state index is 6.51. The zero-order valence-corrected chi connectivity index (χ0v) is 13.1. The van der Waals surface area contributed by atoms with Crippen molar-refractivity contribution in [3.05, 3.63) is 63.1 Å². The number of hydrogen-bond donors (Lipinski definition) is 1. The van der Waals surface area contributed by atoms with E-state index in [1.165, 1.54) is 11.1 Å². The van der Waals surface area contributed by atoms with E-state index in [1.54, 1.807) is 0 Å². The Kier molecular flexibility index (Phi) is 3.81. The molecule has 3 heteroatoms. The number of aryl methyl sites for hydroxylation is 1. The number of rotatable bonds is 2. The van der Waals surface area contributed by atoms with Gasteiger partial charge >= 0.3 is 0 Å². The van der Waals surface area contributed by atoms with E-state index in [9.17, 15) is 0 Å². The predicted octanol–water partition coefficient (Wildman–Crippen LogP) is 4.13. The molecule has 0 aromatic heterocycles. The molecule has 2 N–H and O–H groups in total. The highest BCUT2D eigenvalue weighted by Gasteiger charge is 2.21. The molecule has 20 heavy (non-hydrogen) atoms. The van der Waals surface area contributed by atoms with Crippen molar-refractivity contribution in [1.29, 1.82) is 0 Å². The van der Waals surface area contributed by atoms with E-state index < -0.39 is 0 Å². The third kappa shape index (κ3) is 2.36. The van der Waals surface area contributed by atoms with Gasteiger partial charge in [-0.15, -0.1) is 0 Å². The van der Waals surface area contributed by atoms with Gasteiger partial charge in [-0.1, -0.05) is 46.3 Å². The average Bonchev–Trinajstić information content (AvgIpc) is 2.49. The fourth-order valence-corrected chi connectivity index (χ4v) is 3.17. The maximum atomic E-state index is 6.51. The number of nitrogens with two attached hydrogens (primary N) is 1. The van der Waals surface area contributed by atoms with Crippen molar-refractivity contribution in [1.82, 2.24) is 0 Å². The third-order valence-electron chi connectivity index (χ3n) is 3.94. The van der Waals surface area contributed by atoms with Gasteiger partial charge in [0, 0.05) is 10.0 Å². The molecule has 2 aromatic rings. The molecule has 1 atom stereocenters. The lowest BCUT2D eigenvalue weighted by Crippen LogP contribution is -2.18. The van der Waals surface area contributed by atoms with Crippen LogP contribution < -0.4 is 10.5 Å². The summed E-state index contributed by atoms with van der Waals surface area (Å²) in [7, 11) is 0. The van der Waals surface area contributed by atoms with Crippen LogP contribution in [0.4, 0.5) is 0 Å². The lowest BCUT2D eigenvalue weighted by Gasteiger charge is -2.24. The smallest absolute Gasteiger partial charge is 0.127 e. The van der Waals surface area contributed by atoms with Crippen molar-refractivity contribution in [2.75, 3.05) is 6.61 Å². The highest BCUT2D eigenvalue weighted by Crippen LogP contribution is 2.36. The number of halogens is 1. The van der Waals surface area contributed by atoms with E-state index in [-0.39, 0.29) is 6.04 Å². The Bertz CT molecular complexity index is 639. The first kappa shape index (κ1) is 13.7. The van der Waals surface area contributed by atoms with Crippen molar-refractivity contribution in [3.8, 4) is 5.75 Å². The van der Waals surface area contributed by atoms with Crippen molar-refractivity contribution in [3.63, 3.8) is 0 Å². The summed E-state index contributed by atoms with van der Waals surface area (Å²) in [5, 5.41) is 0. The van der Waals surface area contributed by atoms with Crippen molar-refractivity contribution in [2.45, 2.75) is 25.8 Å². The van der Waals surface area contributed by atoms with Gasteiger partial charge in [0.1, 0.15) is 5.75 Å². The van der Waals surface area contributed by atoms with E-state index in [1.807, 2.05) is 12.1 Å². The molecule has 0 saturated heterocycles. The fraction of sp³-hybridized carbons (Fsp3) is 0.294. The van der Waals surface area contributed by atoms with Crippen molar-refractivity contribution in [2.24, 2.45) is 5.73 Å². The van der Waals surface area contributed by atoms with Crippen LogP contribution >= 0.6 is 15.9 Å². The molecule has 1 aliphatic heterocycles. The lowest BCUT2D eigenvalue weighted by molar-refractivity contribution is 0.284. The molecule has 2 aromatic carbocycles. The quantitative estimate of drug-likeness (QED) is 0.897. The second kappa shape index (κ2) is 5.58. The summed E-state index contributed by atoms with van der Waals surface area (Å²) in [6.45, 7) is 2.88. The topological polar surface area (TPSA) is 35.2 Å². The number of fused-ring (bicyclic) bond motifs is 1. The van der Waals surface area contributed by atoms with E-state index in [2.05, 4.69) is 47.1 Å². The minimum Gasteiger partial charge on any atom is -0.493 e. The summed E-state index contributed by atoms with van der Waals surface area (Å²) < 4.78 is 6.97. The minimum atomic E-state index is -0.152. The molecule has 0 aliphatic carbocycles. The van der Waals surface area contributed by atoms with Crippen molar-refractivity contribution < 1.29 is 4.74 Å². The van der Waals surface area contributed by atoms with Crippen molar-refractivity contribution >= 4 is 15.9 Å². The monoisotopic (exact) mass is 331 g/mol. The Balaban J connectivity index is 2.07. The Hall–Kier alpha value is -1.32. The molecule has 0 saturated carbocycles. The van der Waals surface area contributed by atoms with Gasteiger partial charge in [-0.25, -0.2) is 0 Å². The molecule has 2 nitrogen and oxygen atoms in total. The second-order valence-corrected chi connectivity index (χ2v) is 6.07. The summed E-state index contributed by atoms with van der Waals surface area (Å²) in [4.78, 5) is 0. The first-order valence-corrected chi connectivity index (χ1v) is 7.73. The van der Waals surface area contributed by atoms with Gasteiger partial charge in [0.25, 0.3) is 0 Å². The van der Waals surface area contributed by atoms with Gasteiger partial charge in [0.05, 0.1) is 12.6 Å². The highest BCUT2D eigenvalue weighted by atomic mass is 79.9. The molecule has 0 radical (unpaired) electrons. The number of benzene rings is 2. The highest BCUT2D eigenvalue weighted by molar-refractivity contribution is 9.10. The predicted molar refractivity (Wildman–Crippen MR) is 85.2 cm³/mol. The average molecular weight is 332 g/mol. The van der Waals surface area contributed by atoms with Crippen LogP contribution in [0.15, 0.2) is 40.9 Å². The molecular weight excluding hydrogens is 314 g/mol. The van der Waals surface area contributed by atoms with Crippen LogP contribution in [-0.4, -0.2) is 6.61 Å². The number of hydrogen-bond acceptors (Lipinski definition) is 2. The normalized spacial score (nSPS) is 15.3. The first-order valence-electron chi connectivity index (χ1n) is 6.93. The number of para-hydroxylation sites is 1. The SMILES string of the molecule is Cc1c(Br)cccc1C(N)c1cccc2c1OCCC2. The summed E-state index contributed by atoms with van der Waals surface area (Å²) >= 11 is 3.57. The van der Waals surface area contributed by atoms with Crippen LogP contribution in [0.2, 0.25) is 0 Å². The zero-order chi connectivity index (χ0) is 14.1. The molecule has 0 bridgehead atoms. The van der Waals surface area contributed by atoms with Crippen LogP contribution in [0, 0.1) is 6.92 Å². The van der Waals surface area contributed by atoms with Crippen LogP contribution in [0.25, 0.3) is 0 Å². The second-order valence-electron chi connectivity index (χ2n) is 5.22. The van der Waals surface area contributed by atoms with Crippen LogP contribution in [0.3, 0.4) is 0 Å². The lowest BCUT2D eigenvalue weighted by atomic mass is 9.92. The maximum Gasteiger partial charge on any atom is 0.127 e. The Morgan fingerprint density at radius 1 is 1.15 bits per heavy atom. The van der Waals surface area contributed by atoms with E-state index in [0.29, 0.717) is 0 Å². The van der Waals surface area contributed by atoms with Gasteiger partial charge < -0.3 is 10.5 Å². The first-order chi connectivity index (χ1) is 9.68. The molecule has 1 heterocycles. The molecule has 3 rings (SSSR count). The van der Waals surface area contributed by atoms with Gasteiger partial charge in [-0.2, -0.15) is 0 Å². The molecule has 1 unspecified atom stereocenters. The summed E-state index contributed by atoms with van der Waals surface area (Å²) in [6.07, 6.45) is 2.16. The Morgan fingerprint density at radius 3 is 2.75 bits per heavy atom. The molecular formula is C17H18BrNO. The van der Waals surface area contributed by atoms with E-state index in [0.717, 1.165) is 40.8 Å². The standard InChI is InChI=1S/C17H18BrNO/c1-11-13(7-3-9-15(11)18)16(19)14-8-2-5-12-6-4-10-20-17(12)14/h2-3,5,7-9,16H,4,6,10,19H2,1H3. The number of ether oxygens (including phenoxy) is 1. The molecule has 0 fully saturated rings. The van der Waals surface area contributed by atoms with Crippen LogP contribution in [-0.2, 0) is 6.42 Å². The van der Waals surface area contributed by atoms with Crippen LogP contribution in [0.5, 0.6) is 5.75 Å². The van der Waals surface area contributed by atoms with Gasteiger partial charge in [-0.3, -0.25) is 0 Å². The summed E-state index contributed by atoms with van der Waals surface area (Å²) in [5.41, 5.74) is 11.2. The minimum absolute atomic E-state index is 0.152. The van der Waals surface area contributed by atoms with Gasteiger partial charge in [0.15, 0.2) is 0 Å². The van der Waals surface area contributed by atoms with E-state index in [4.69, 9.17) is 10.5 Å². The third-order valence-corrected chi connectivity index (χ3v) is 4.80. The largest absolute Gasteiger partial charge is 0.493 e. The fourth-order valence-electron chi connectivity index (χ4n) is 2.79. The molecule has 104 valence electrons. The molecule has 0 spiro atoms.